The van der Waals surface area contributed by atoms with E-state index in [1.807, 2.05) is 19.1 Å². The molecule has 0 saturated carbocycles. The number of nitrogens with one attached hydrogen (secondary N) is 1. The Hall–Kier alpha value is -4.21. The molecular weight excluding hydrogens is 412 g/mol. The lowest BCUT2D eigenvalue weighted by Gasteiger charge is -2.10. The Morgan fingerprint density at radius 2 is 2.03 bits per heavy atom. The maximum absolute atomic E-state index is 12.6. The smallest absolute Gasteiger partial charge is 0.271 e. The Balaban J connectivity index is 1.47. The molecule has 4 rings (SSSR count). The average molecular weight is 434 g/mol. The van der Waals surface area contributed by atoms with Gasteiger partial charge in [-0.2, -0.15) is 4.98 Å². The number of nitrogens with zero attached hydrogens (tertiary/aromatic N) is 5. The number of carbonyl (C=O) groups is 1. The number of carbonyl (C=O) groups excluding carboxylic acids is 1. The number of amides is 1. The van der Waals surface area contributed by atoms with Crippen molar-refractivity contribution in [1.29, 1.82) is 0 Å². The number of imidazole rings is 1. The van der Waals surface area contributed by atoms with E-state index in [0.29, 0.717) is 35.5 Å². The molecule has 1 amide bonds. The first-order valence-electron chi connectivity index (χ1n) is 9.93. The Labute approximate surface area is 184 Å². The second-order valence-corrected chi connectivity index (χ2v) is 6.80. The van der Waals surface area contributed by atoms with Crippen LogP contribution in [0.1, 0.15) is 28.8 Å². The van der Waals surface area contributed by atoms with Gasteiger partial charge in [-0.1, -0.05) is 12.1 Å². The van der Waals surface area contributed by atoms with E-state index in [1.54, 1.807) is 49.4 Å². The summed E-state index contributed by atoms with van der Waals surface area (Å²) < 4.78 is 17.5. The average Bonchev–Trinajstić information content (AvgIpc) is 3.53. The van der Waals surface area contributed by atoms with Crippen molar-refractivity contribution in [2.75, 3.05) is 14.2 Å². The first-order chi connectivity index (χ1) is 15.6. The minimum absolute atomic E-state index is 0.260. The van der Waals surface area contributed by atoms with Crippen LogP contribution in [0.5, 0.6) is 11.5 Å². The topological polar surface area (TPSA) is 117 Å². The van der Waals surface area contributed by atoms with Gasteiger partial charge in [0.2, 0.25) is 0 Å². The molecule has 0 spiro atoms. The van der Waals surface area contributed by atoms with Crippen LogP contribution in [0, 0.1) is 0 Å². The third-order valence-corrected chi connectivity index (χ3v) is 4.79. The molecule has 1 N–H and O–H groups in total. The molecule has 10 heteroatoms. The molecule has 3 heterocycles. The van der Waals surface area contributed by atoms with E-state index < -0.39 is 0 Å². The first-order valence-corrected chi connectivity index (χ1v) is 9.93. The summed E-state index contributed by atoms with van der Waals surface area (Å²) in [5.74, 6) is 2.61. The van der Waals surface area contributed by atoms with Gasteiger partial charge in [0.1, 0.15) is 29.3 Å². The van der Waals surface area contributed by atoms with Gasteiger partial charge in [-0.25, -0.2) is 9.97 Å². The molecule has 0 saturated heterocycles. The Morgan fingerprint density at radius 3 is 2.78 bits per heavy atom. The third-order valence-electron chi connectivity index (χ3n) is 4.79. The summed E-state index contributed by atoms with van der Waals surface area (Å²) in [5.41, 5.74) is 1.81. The number of rotatable bonds is 8. The Morgan fingerprint density at radius 1 is 1.16 bits per heavy atom. The van der Waals surface area contributed by atoms with Crippen molar-refractivity contribution in [3.8, 4) is 28.8 Å². The number of ether oxygens (including phenoxy) is 2. The highest BCUT2D eigenvalue weighted by Crippen LogP contribution is 2.24. The van der Waals surface area contributed by atoms with Crippen molar-refractivity contribution < 1.29 is 18.8 Å². The van der Waals surface area contributed by atoms with E-state index in [0.717, 1.165) is 11.1 Å². The second kappa shape index (κ2) is 9.29. The van der Waals surface area contributed by atoms with Crippen LogP contribution in [0.4, 0.5) is 0 Å². The highest BCUT2D eigenvalue weighted by atomic mass is 16.5. The summed E-state index contributed by atoms with van der Waals surface area (Å²) in [5, 5.41) is 6.76. The number of aryl methyl sites for hydroxylation is 1. The van der Waals surface area contributed by atoms with Crippen LogP contribution < -0.4 is 14.8 Å². The minimum atomic E-state index is -0.317. The molecule has 4 aromatic rings. The zero-order valence-electron chi connectivity index (χ0n) is 17.9. The van der Waals surface area contributed by atoms with Gasteiger partial charge in [0.15, 0.2) is 5.82 Å². The quantitative estimate of drug-likeness (QED) is 0.450. The molecule has 1 aromatic carbocycles. The van der Waals surface area contributed by atoms with Crippen LogP contribution in [0.15, 0.2) is 53.6 Å². The molecule has 0 radical (unpaired) electrons. The third kappa shape index (κ3) is 4.43. The van der Waals surface area contributed by atoms with E-state index >= 15 is 0 Å². The van der Waals surface area contributed by atoms with Gasteiger partial charge in [-0.05, 0) is 24.3 Å². The van der Waals surface area contributed by atoms with Crippen molar-refractivity contribution in [2.45, 2.75) is 19.9 Å². The van der Waals surface area contributed by atoms with Gasteiger partial charge < -0.3 is 19.3 Å². The van der Waals surface area contributed by atoms with Crippen LogP contribution in [0.2, 0.25) is 0 Å². The van der Waals surface area contributed by atoms with Crippen LogP contribution in [-0.2, 0) is 13.0 Å². The molecule has 10 nitrogen and oxygen atoms in total. The number of hydrogen-bond donors (Lipinski definition) is 1. The molecular formula is C22H22N6O4. The van der Waals surface area contributed by atoms with Gasteiger partial charge in [-0.3, -0.25) is 9.36 Å². The first kappa shape index (κ1) is 21.0. The van der Waals surface area contributed by atoms with Gasteiger partial charge in [0.05, 0.1) is 14.2 Å². The van der Waals surface area contributed by atoms with E-state index in [-0.39, 0.29) is 18.1 Å². The summed E-state index contributed by atoms with van der Waals surface area (Å²) in [6.45, 7) is 2.24. The molecule has 0 aliphatic rings. The second-order valence-electron chi connectivity index (χ2n) is 6.80. The number of methoxy groups -OCH3 is 2. The highest BCUT2D eigenvalue weighted by molar-refractivity contribution is 5.92. The Bertz CT molecular complexity index is 1230. The lowest BCUT2D eigenvalue weighted by atomic mass is 10.2. The fourth-order valence-electron chi connectivity index (χ4n) is 3.04. The zero-order valence-corrected chi connectivity index (χ0v) is 17.9. The molecule has 0 aliphatic carbocycles. The van der Waals surface area contributed by atoms with Crippen LogP contribution in [0.3, 0.4) is 0 Å². The van der Waals surface area contributed by atoms with E-state index in [4.69, 9.17) is 14.0 Å². The van der Waals surface area contributed by atoms with Crippen molar-refractivity contribution in [2.24, 2.45) is 0 Å². The number of hydrogen-bond acceptors (Lipinski definition) is 8. The lowest BCUT2D eigenvalue weighted by molar-refractivity contribution is 0.0946. The van der Waals surface area contributed by atoms with E-state index in [1.165, 1.54) is 6.33 Å². The molecule has 0 bridgehead atoms. The monoisotopic (exact) mass is 434 g/mol. The lowest BCUT2D eigenvalue weighted by Crippen LogP contribution is -2.23. The van der Waals surface area contributed by atoms with Crippen LogP contribution >= 0.6 is 0 Å². The van der Waals surface area contributed by atoms with E-state index in [2.05, 4.69) is 25.4 Å². The van der Waals surface area contributed by atoms with Crippen molar-refractivity contribution in [1.82, 2.24) is 30.0 Å². The number of aromatic nitrogens is 5. The summed E-state index contributed by atoms with van der Waals surface area (Å²) in [6.07, 6.45) is 5.46. The van der Waals surface area contributed by atoms with Crippen LogP contribution in [0.25, 0.3) is 17.3 Å². The highest BCUT2D eigenvalue weighted by Gasteiger charge is 2.14. The molecule has 164 valence electrons. The molecule has 0 fully saturated rings. The molecule has 3 aromatic heterocycles. The molecule has 0 unspecified atom stereocenters. The largest absolute Gasteiger partial charge is 0.497 e. The van der Waals surface area contributed by atoms with Gasteiger partial charge in [0.25, 0.3) is 11.8 Å². The molecule has 0 atom stereocenters. The summed E-state index contributed by atoms with van der Waals surface area (Å²) in [7, 11) is 3.15. The van der Waals surface area contributed by atoms with Gasteiger partial charge in [-0.15, -0.1) is 0 Å². The van der Waals surface area contributed by atoms with Crippen molar-refractivity contribution in [3.63, 3.8) is 0 Å². The van der Waals surface area contributed by atoms with Crippen molar-refractivity contribution >= 4 is 5.91 Å². The summed E-state index contributed by atoms with van der Waals surface area (Å²) in [4.78, 5) is 25.5. The van der Waals surface area contributed by atoms with Gasteiger partial charge >= 0.3 is 0 Å². The van der Waals surface area contributed by atoms with Crippen LogP contribution in [-0.4, -0.2) is 44.8 Å². The normalized spacial score (nSPS) is 10.7. The summed E-state index contributed by atoms with van der Waals surface area (Å²) in [6, 6.07) is 8.99. The maximum atomic E-state index is 12.6. The molecule has 0 aliphatic heterocycles. The SMILES string of the molecule is CCc1noc(-c2ccnc(-n3cnc(C(=O)NCc4ccc(OC)cc4OC)c3)c2)n1. The number of pyridine rings is 1. The van der Waals surface area contributed by atoms with Gasteiger partial charge in [0, 0.05) is 42.6 Å². The predicted octanol–water partition coefficient (Wildman–Crippen LogP) is 2.83. The van der Waals surface area contributed by atoms with E-state index in [9.17, 15) is 4.79 Å². The molecule has 32 heavy (non-hydrogen) atoms. The fraction of sp³-hybridized carbons (Fsp3) is 0.227. The zero-order chi connectivity index (χ0) is 22.5. The fourth-order valence-corrected chi connectivity index (χ4v) is 3.04. The number of benzene rings is 1. The predicted molar refractivity (Wildman–Crippen MR) is 115 cm³/mol. The van der Waals surface area contributed by atoms with Crippen molar-refractivity contribution in [3.05, 3.63) is 66.1 Å². The standard InChI is InChI=1S/C22H22N6O4/c1-4-19-26-22(32-27-19)14-7-8-23-20(9-14)28-12-17(25-13-28)21(29)24-11-15-5-6-16(30-2)10-18(15)31-3/h5-10,12-13H,4,11H2,1-3H3,(H,24,29). The minimum Gasteiger partial charge on any atom is -0.497 e. The Kier molecular flexibility index (Phi) is 6.11. The summed E-state index contributed by atoms with van der Waals surface area (Å²) >= 11 is 0. The maximum Gasteiger partial charge on any atom is 0.271 e.